The van der Waals surface area contributed by atoms with E-state index in [1.54, 1.807) is 7.11 Å². The minimum Gasteiger partial charge on any atom is -0.497 e. The molecule has 2 heterocycles. The quantitative estimate of drug-likeness (QED) is 0.360. The molecule has 2 amide bonds. The molecule has 0 unspecified atom stereocenters. The molecule has 0 saturated carbocycles. The van der Waals surface area contributed by atoms with Gasteiger partial charge >= 0.3 is 6.03 Å². The number of amidine groups is 1. The summed E-state index contributed by atoms with van der Waals surface area (Å²) in [5.41, 5.74) is 1.73. The first-order valence-corrected chi connectivity index (χ1v) is 14.2. The number of benzene rings is 3. The van der Waals surface area contributed by atoms with Gasteiger partial charge in [-0.05, 0) is 68.3 Å². The van der Waals surface area contributed by atoms with Crippen molar-refractivity contribution >= 4 is 35.1 Å². The molecule has 1 N–H and O–H groups in total. The lowest BCUT2D eigenvalue weighted by molar-refractivity contribution is 0.148. The number of nitrogens with zero attached hydrogens (tertiary/aromatic N) is 3. The van der Waals surface area contributed by atoms with Gasteiger partial charge in [0.15, 0.2) is 0 Å². The SMILES string of the molecule is COc1ccc(C2=N[C@@](C)(c3ccc(Cl)cc3)[C@@H](c3ccc(Cl)cc3)N2C(=O)N2CCNCC2)c(OC(C)C)c1. The number of methoxy groups -OCH3 is 1. The van der Waals surface area contributed by atoms with Crippen LogP contribution in [0, 0.1) is 0 Å². The first-order chi connectivity index (χ1) is 19.2. The molecular weight excluding hydrogens is 547 g/mol. The van der Waals surface area contributed by atoms with Crippen molar-refractivity contribution in [2.45, 2.75) is 38.5 Å². The number of piperazine rings is 1. The number of aliphatic imine (C=N–C) groups is 1. The predicted octanol–water partition coefficient (Wildman–Crippen LogP) is 6.53. The van der Waals surface area contributed by atoms with E-state index in [-0.39, 0.29) is 12.1 Å². The number of rotatable bonds is 6. The van der Waals surface area contributed by atoms with Crippen LogP contribution in [-0.4, -0.2) is 61.1 Å². The molecule has 1 fully saturated rings. The van der Waals surface area contributed by atoms with Gasteiger partial charge in [0.25, 0.3) is 0 Å². The molecule has 1 saturated heterocycles. The Labute approximate surface area is 245 Å². The van der Waals surface area contributed by atoms with Gasteiger partial charge < -0.3 is 19.7 Å². The van der Waals surface area contributed by atoms with Gasteiger partial charge in [-0.25, -0.2) is 4.79 Å². The molecule has 0 aromatic heterocycles. The van der Waals surface area contributed by atoms with Gasteiger partial charge in [0.1, 0.15) is 22.9 Å². The van der Waals surface area contributed by atoms with Gasteiger partial charge in [-0.15, -0.1) is 0 Å². The monoisotopic (exact) mass is 580 g/mol. The van der Waals surface area contributed by atoms with Crippen LogP contribution in [0.4, 0.5) is 4.79 Å². The van der Waals surface area contributed by atoms with Crippen LogP contribution in [0.25, 0.3) is 0 Å². The van der Waals surface area contributed by atoms with Crippen molar-refractivity contribution in [2.24, 2.45) is 4.99 Å². The summed E-state index contributed by atoms with van der Waals surface area (Å²) in [6, 6.07) is 20.4. The highest BCUT2D eigenvalue weighted by atomic mass is 35.5. The Balaban J connectivity index is 1.75. The zero-order valence-corrected chi connectivity index (χ0v) is 24.7. The summed E-state index contributed by atoms with van der Waals surface area (Å²) in [4.78, 5) is 23.6. The minimum atomic E-state index is -0.841. The average molecular weight is 582 g/mol. The van der Waals surface area contributed by atoms with Crippen molar-refractivity contribution < 1.29 is 14.3 Å². The molecule has 0 radical (unpaired) electrons. The van der Waals surface area contributed by atoms with Gasteiger partial charge in [0.2, 0.25) is 0 Å². The fourth-order valence-corrected chi connectivity index (χ4v) is 5.65. The first-order valence-electron chi connectivity index (χ1n) is 13.5. The molecule has 2 aliphatic rings. The van der Waals surface area contributed by atoms with Crippen molar-refractivity contribution in [3.63, 3.8) is 0 Å². The summed E-state index contributed by atoms with van der Waals surface area (Å²) in [5.74, 6) is 1.80. The molecule has 40 heavy (non-hydrogen) atoms. The topological polar surface area (TPSA) is 66.4 Å². The second-order valence-corrected chi connectivity index (χ2v) is 11.3. The summed E-state index contributed by atoms with van der Waals surface area (Å²) >= 11 is 12.6. The molecule has 0 aliphatic carbocycles. The highest BCUT2D eigenvalue weighted by Gasteiger charge is 2.51. The number of nitrogens with one attached hydrogen (secondary N) is 1. The molecule has 5 rings (SSSR count). The largest absolute Gasteiger partial charge is 0.497 e. The molecule has 2 atom stereocenters. The molecule has 210 valence electrons. The molecule has 0 spiro atoms. The molecule has 7 nitrogen and oxygen atoms in total. The van der Waals surface area contributed by atoms with E-state index in [1.807, 2.05) is 90.4 Å². The maximum absolute atomic E-state index is 14.5. The van der Waals surface area contributed by atoms with Crippen molar-refractivity contribution in [2.75, 3.05) is 33.3 Å². The Morgan fingerprint density at radius 2 is 1.62 bits per heavy atom. The molecular formula is C31H34Cl2N4O3. The van der Waals surface area contributed by atoms with Gasteiger partial charge in [0.05, 0.1) is 24.8 Å². The van der Waals surface area contributed by atoms with E-state index in [0.717, 1.165) is 29.8 Å². The third kappa shape index (κ3) is 5.51. The number of hydrogen-bond donors (Lipinski definition) is 1. The Morgan fingerprint density at radius 1 is 1.00 bits per heavy atom. The lowest BCUT2D eigenvalue weighted by atomic mass is 9.81. The van der Waals surface area contributed by atoms with E-state index in [2.05, 4.69) is 12.2 Å². The van der Waals surface area contributed by atoms with Gasteiger partial charge in [0, 0.05) is 42.3 Å². The standard InChI is InChI=1S/C31H34Cl2N4O3/c1-20(2)40-27-19-25(39-4)13-14-26(27)29-35-31(3,22-7-11-24(33)12-8-22)28(21-5-9-23(32)10-6-21)37(29)30(38)36-17-15-34-16-18-36/h5-14,19-20,28,34H,15-18H2,1-4H3/t28-,31+/m1/s1. The number of carbonyl (C=O) groups is 1. The summed E-state index contributed by atoms with van der Waals surface area (Å²) < 4.78 is 11.8. The maximum atomic E-state index is 14.5. The normalized spacial score (nSPS) is 21.0. The van der Waals surface area contributed by atoms with Crippen LogP contribution < -0.4 is 14.8 Å². The average Bonchev–Trinajstić information content (AvgIpc) is 3.27. The Hall–Kier alpha value is -3.26. The fourth-order valence-electron chi connectivity index (χ4n) is 5.40. The number of amides is 2. The summed E-state index contributed by atoms with van der Waals surface area (Å²) in [7, 11) is 1.62. The van der Waals surface area contributed by atoms with Crippen molar-refractivity contribution in [1.29, 1.82) is 0 Å². The van der Waals surface area contributed by atoms with Crippen LogP contribution in [0.2, 0.25) is 10.0 Å². The zero-order valence-electron chi connectivity index (χ0n) is 23.2. The predicted molar refractivity (Wildman–Crippen MR) is 160 cm³/mol. The van der Waals surface area contributed by atoms with Crippen molar-refractivity contribution in [1.82, 2.24) is 15.1 Å². The smallest absolute Gasteiger partial charge is 0.326 e. The second-order valence-electron chi connectivity index (χ2n) is 10.5. The summed E-state index contributed by atoms with van der Waals surface area (Å²) in [5, 5.41) is 4.60. The van der Waals surface area contributed by atoms with Crippen LogP contribution in [0.1, 0.15) is 43.5 Å². The minimum absolute atomic E-state index is 0.0973. The highest BCUT2D eigenvalue weighted by Crippen LogP contribution is 2.50. The number of carbonyl (C=O) groups excluding carboxylic acids is 1. The van der Waals surface area contributed by atoms with Crippen LogP contribution >= 0.6 is 23.2 Å². The fraction of sp³-hybridized carbons (Fsp3) is 0.355. The van der Waals surface area contributed by atoms with E-state index in [0.29, 0.717) is 40.5 Å². The van der Waals surface area contributed by atoms with E-state index in [1.165, 1.54) is 0 Å². The summed E-state index contributed by atoms with van der Waals surface area (Å²) in [6.45, 7) is 8.67. The van der Waals surface area contributed by atoms with E-state index < -0.39 is 11.6 Å². The van der Waals surface area contributed by atoms with E-state index in [9.17, 15) is 4.79 Å². The second kappa shape index (κ2) is 11.7. The Bertz CT molecular complexity index is 1390. The van der Waals surface area contributed by atoms with Crippen molar-refractivity contribution in [3.8, 4) is 11.5 Å². The molecule has 3 aromatic rings. The highest BCUT2D eigenvalue weighted by molar-refractivity contribution is 6.30. The lowest BCUT2D eigenvalue weighted by Crippen LogP contribution is -2.53. The number of hydrogen-bond acceptors (Lipinski definition) is 5. The molecule has 3 aromatic carbocycles. The van der Waals surface area contributed by atoms with E-state index >= 15 is 0 Å². The lowest BCUT2D eigenvalue weighted by Gasteiger charge is -2.39. The third-order valence-corrected chi connectivity index (χ3v) is 7.86. The van der Waals surface area contributed by atoms with E-state index in [4.69, 9.17) is 37.7 Å². The van der Waals surface area contributed by atoms with Crippen LogP contribution in [0.5, 0.6) is 11.5 Å². The van der Waals surface area contributed by atoms with Crippen molar-refractivity contribution in [3.05, 3.63) is 93.5 Å². The maximum Gasteiger partial charge on any atom is 0.326 e. The zero-order chi connectivity index (χ0) is 28.4. The van der Waals surface area contributed by atoms with Gasteiger partial charge in [-0.2, -0.15) is 0 Å². The third-order valence-electron chi connectivity index (χ3n) is 7.36. The first kappa shape index (κ1) is 28.3. The van der Waals surface area contributed by atoms with Crippen LogP contribution in [-0.2, 0) is 5.54 Å². The molecule has 0 bridgehead atoms. The number of ether oxygens (including phenoxy) is 2. The van der Waals surface area contributed by atoms with Crippen LogP contribution in [0.3, 0.4) is 0 Å². The molecule has 9 heteroatoms. The number of halogens is 2. The van der Waals surface area contributed by atoms with Gasteiger partial charge in [-0.3, -0.25) is 9.89 Å². The Morgan fingerprint density at radius 3 is 2.23 bits per heavy atom. The van der Waals surface area contributed by atoms with Crippen LogP contribution in [0.15, 0.2) is 71.7 Å². The molecule has 2 aliphatic heterocycles. The summed E-state index contributed by atoms with van der Waals surface area (Å²) in [6.07, 6.45) is -0.0973. The number of urea groups is 1. The Kier molecular flexibility index (Phi) is 8.26. The van der Waals surface area contributed by atoms with Gasteiger partial charge in [-0.1, -0.05) is 47.5 Å².